The van der Waals surface area contributed by atoms with Crippen molar-refractivity contribution in [3.05, 3.63) is 23.8 Å². The van der Waals surface area contributed by atoms with Crippen LogP contribution in [0.2, 0.25) is 0 Å². The molecule has 0 N–H and O–H groups in total. The van der Waals surface area contributed by atoms with Crippen LogP contribution < -0.4 is 0 Å². The summed E-state index contributed by atoms with van der Waals surface area (Å²) in [7, 11) is 0. The third-order valence-corrected chi connectivity index (χ3v) is 0.914. The van der Waals surface area contributed by atoms with Gasteiger partial charge >= 0.3 is 30.9 Å². The Morgan fingerprint density at radius 2 is 2.17 bits per heavy atom. The van der Waals surface area contributed by atoms with Gasteiger partial charge in [0.15, 0.2) is 0 Å². The third kappa shape index (κ3) is 5.76. The van der Waals surface area contributed by atoms with E-state index < -0.39 is 0 Å². The molecule has 0 saturated carbocycles. The Kier molecular flexibility index (Phi) is 7.88. The molecule has 1 aromatic heterocycles. The van der Waals surface area contributed by atoms with E-state index in [-0.39, 0.29) is 0 Å². The maximum absolute atomic E-state index is 4.20. The molecule has 3 nitrogen and oxygen atoms in total. The Morgan fingerprint density at radius 3 is 2.58 bits per heavy atom. The summed E-state index contributed by atoms with van der Waals surface area (Å²) in [6.07, 6.45) is 3.11. The van der Waals surface area contributed by atoms with Crippen molar-refractivity contribution in [3.63, 3.8) is 0 Å². The van der Waals surface area contributed by atoms with Crippen LogP contribution in [0.5, 0.6) is 0 Å². The SMILES string of the molecule is CC(C)[N-]c1[c-]cnnc1.[V]=[W]. The third-order valence-electron chi connectivity index (χ3n) is 0.914. The van der Waals surface area contributed by atoms with Crippen molar-refractivity contribution in [3.8, 4) is 0 Å². The fraction of sp³-hybridized carbons (Fsp3) is 0.429. The van der Waals surface area contributed by atoms with E-state index in [0.29, 0.717) is 6.04 Å². The van der Waals surface area contributed by atoms with E-state index in [1.54, 1.807) is 6.20 Å². The van der Waals surface area contributed by atoms with Gasteiger partial charge in [-0.05, 0) is 6.20 Å². The first-order chi connectivity index (χ1) is 5.79. The second-order valence-electron chi connectivity index (χ2n) is 2.24. The number of nitrogens with zero attached hydrogens (tertiary/aromatic N) is 3. The molecule has 0 atom stereocenters. The summed E-state index contributed by atoms with van der Waals surface area (Å²) in [6, 6.07) is 3.15. The van der Waals surface area contributed by atoms with Crippen molar-refractivity contribution in [2.45, 2.75) is 19.9 Å². The van der Waals surface area contributed by atoms with Gasteiger partial charge in [0.2, 0.25) is 0 Å². The molecule has 0 amide bonds. The Hall–Kier alpha value is 0.153. The van der Waals surface area contributed by atoms with Crippen LogP contribution in [0.15, 0.2) is 12.4 Å². The normalized spacial score (nSPS) is 8.50. The first-order valence-electron chi connectivity index (χ1n) is 3.36. The monoisotopic (exact) mass is 370 g/mol. The van der Waals surface area contributed by atoms with E-state index in [0.717, 1.165) is 5.69 Å². The minimum atomic E-state index is 0.292. The van der Waals surface area contributed by atoms with Crippen molar-refractivity contribution in [2.75, 3.05) is 0 Å². The van der Waals surface area contributed by atoms with Crippen LogP contribution in [0.1, 0.15) is 13.8 Å². The molecular weight excluding hydrogens is 361 g/mol. The molecule has 5 heteroatoms. The molecule has 0 aliphatic carbocycles. The van der Waals surface area contributed by atoms with Crippen LogP contribution in [0.3, 0.4) is 0 Å². The Morgan fingerprint density at radius 1 is 1.50 bits per heavy atom. The zero-order chi connectivity index (χ0) is 9.40. The molecule has 0 fully saturated rings. The van der Waals surface area contributed by atoms with Crippen LogP contribution in [-0.2, 0) is 30.9 Å². The molecule has 1 aromatic rings. The predicted octanol–water partition coefficient (Wildman–Crippen LogP) is 1.69. The van der Waals surface area contributed by atoms with Crippen molar-refractivity contribution in [1.82, 2.24) is 10.2 Å². The van der Waals surface area contributed by atoms with Crippen LogP contribution in [-0.4, -0.2) is 16.2 Å². The quantitative estimate of drug-likeness (QED) is 0.744. The molecule has 12 heavy (non-hydrogen) atoms. The zero-order valence-electron chi connectivity index (χ0n) is 6.93. The summed E-state index contributed by atoms with van der Waals surface area (Å²) in [5.74, 6) is 0. The molecule has 1 heterocycles. The molecule has 0 radical (unpaired) electrons. The molecular formula is C7H9N3VW-2. The van der Waals surface area contributed by atoms with Gasteiger partial charge in [0, 0.05) is 0 Å². The first-order valence-corrected chi connectivity index (χ1v) is 9.34. The van der Waals surface area contributed by atoms with Gasteiger partial charge in [0.1, 0.15) is 0 Å². The average Bonchev–Trinajstić information content (AvgIpc) is 2.08. The number of aromatic nitrogens is 2. The summed E-state index contributed by atoms with van der Waals surface area (Å²) in [4.78, 5) is 0. The molecule has 0 bridgehead atoms. The second-order valence-corrected chi connectivity index (χ2v) is 2.24. The average molecular weight is 370 g/mol. The zero-order valence-corrected chi connectivity index (χ0v) is 11.3. The minimum absolute atomic E-state index is 0.292. The van der Waals surface area contributed by atoms with Gasteiger partial charge in [-0.2, -0.15) is 5.10 Å². The molecule has 0 spiro atoms. The fourth-order valence-electron chi connectivity index (χ4n) is 0.602. The van der Waals surface area contributed by atoms with Gasteiger partial charge in [0.25, 0.3) is 0 Å². The van der Waals surface area contributed by atoms with Gasteiger partial charge in [-0.25, -0.2) is 6.07 Å². The van der Waals surface area contributed by atoms with Gasteiger partial charge in [0.05, 0.1) is 0 Å². The van der Waals surface area contributed by atoms with E-state index in [1.165, 1.54) is 23.0 Å². The molecule has 0 saturated heterocycles. The summed E-state index contributed by atoms with van der Waals surface area (Å²) in [5.41, 5.74) is 0.769. The van der Waals surface area contributed by atoms with Gasteiger partial charge in [-0.15, -0.1) is 12.2 Å². The van der Waals surface area contributed by atoms with Crippen LogP contribution in [0.4, 0.5) is 5.69 Å². The van der Waals surface area contributed by atoms with Crippen LogP contribution >= 0.6 is 0 Å². The molecule has 0 aromatic carbocycles. The van der Waals surface area contributed by atoms with E-state index in [2.05, 4.69) is 35.7 Å². The van der Waals surface area contributed by atoms with Crippen molar-refractivity contribution < 1.29 is 30.9 Å². The number of rotatable bonds is 2. The van der Waals surface area contributed by atoms with Gasteiger partial charge in [-0.3, -0.25) is 5.10 Å². The maximum atomic E-state index is 4.20. The van der Waals surface area contributed by atoms with E-state index in [4.69, 9.17) is 0 Å². The van der Waals surface area contributed by atoms with Crippen molar-refractivity contribution in [1.29, 1.82) is 0 Å². The first kappa shape index (κ1) is 12.2. The van der Waals surface area contributed by atoms with Crippen molar-refractivity contribution >= 4 is 5.69 Å². The Balaban J connectivity index is 0.000000561. The number of hydrogen-bond acceptors (Lipinski definition) is 2. The standard InChI is InChI=1S/C7H9N3.V.W/c1-6(2)10-7-3-4-8-9-5-7;;/h4-6H,1-2H3;;/q-2;;. The summed E-state index contributed by atoms with van der Waals surface area (Å²) < 4.78 is 0. The second kappa shape index (κ2) is 7.78. The Labute approximate surface area is 90.2 Å². The molecule has 0 aliphatic heterocycles. The molecule has 0 aliphatic rings. The number of hydrogen-bond donors (Lipinski definition) is 0. The molecule has 65 valence electrons. The van der Waals surface area contributed by atoms with E-state index in [9.17, 15) is 0 Å². The summed E-state index contributed by atoms with van der Waals surface area (Å²) >= 11 is 3.92. The van der Waals surface area contributed by atoms with Crippen molar-refractivity contribution in [2.24, 2.45) is 0 Å². The molecule has 0 unspecified atom stereocenters. The van der Waals surface area contributed by atoms with Crippen LogP contribution in [0, 0.1) is 6.07 Å². The van der Waals surface area contributed by atoms with Gasteiger partial charge in [-0.1, -0.05) is 13.8 Å². The Bertz CT molecular complexity index is 205. The van der Waals surface area contributed by atoms with Gasteiger partial charge < -0.3 is 11.0 Å². The molecule has 1 rings (SSSR count). The van der Waals surface area contributed by atoms with Crippen LogP contribution in [0.25, 0.3) is 5.32 Å². The summed E-state index contributed by atoms with van der Waals surface area (Å²) in [5, 5.41) is 11.5. The fourth-order valence-corrected chi connectivity index (χ4v) is 0.602. The van der Waals surface area contributed by atoms with E-state index >= 15 is 0 Å². The topological polar surface area (TPSA) is 39.9 Å². The predicted molar refractivity (Wildman–Crippen MR) is 39.0 cm³/mol. The summed E-state index contributed by atoms with van der Waals surface area (Å²) in [6.45, 7) is 4.02. The van der Waals surface area contributed by atoms with E-state index in [1.807, 2.05) is 13.8 Å².